The highest BCUT2D eigenvalue weighted by Gasteiger charge is 2.32. The lowest BCUT2D eigenvalue weighted by molar-refractivity contribution is -0.122. The van der Waals surface area contributed by atoms with Crippen molar-refractivity contribution in [1.82, 2.24) is 5.32 Å². The highest BCUT2D eigenvalue weighted by atomic mass is 32.2. The second-order valence-corrected chi connectivity index (χ2v) is 7.58. The number of nitrogens with zero attached hydrogens (tertiary/aromatic N) is 2. The van der Waals surface area contributed by atoms with Gasteiger partial charge in [0.2, 0.25) is 11.8 Å². The molecule has 25 heavy (non-hydrogen) atoms. The van der Waals surface area contributed by atoms with Crippen LogP contribution in [-0.4, -0.2) is 27.9 Å². The Labute approximate surface area is 151 Å². The van der Waals surface area contributed by atoms with Gasteiger partial charge in [-0.1, -0.05) is 30.0 Å². The fourth-order valence-corrected chi connectivity index (χ4v) is 3.87. The molecule has 1 aromatic carbocycles. The lowest BCUT2D eigenvalue weighted by Gasteiger charge is -2.12. The van der Waals surface area contributed by atoms with Crippen molar-refractivity contribution in [3.63, 3.8) is 0 Å². The Morgan fingerprint density at radius 1 is 1.24 bits per heavy atom. The molecule has 1 heterocycles. The van der Waals surface area contributed by atoms with Gasteiger partial charge in [0.15, 0.2) is 5.17 Å². The van der Waals surface area contributed by atoms with E-state index in [0.717, 1.165) is 48.2 Å². The number of aryl methyl sites for hydroxylation is 2. The van der Waals surface area contributed by atoms with Crippen molar-refractivity contribution in [3.8, 4) is 0 Å². The molecule has 1 atom stereocenters. The molecule has 2 aliphatic rings. The van der Waals surface area contributed by atoms with Crippen LogP contribution in [0.25, 0.3) is 0 Å². The first-order valence-electron chi connectivity index (χ1n) is 8.50. The topological polar surface area (TPSA) is 82.9 Å². The summed E-state index contributed by atoms with van der Waals surface area (Å²) in [5.74, 6) is -0.361. The van der Waals surface area contributed by atoms with E-state index in [-0.39, 0.29) is 18.2 Å². The zero-order valence-corrected chi connectivity index (χ0v) is 15.3. The Balaban J connectivity index is 1.59. The summed E-state index contributed by atoms with van der Waals surface area (Å²) in [5, 5.41) is 14.0. The van der Waals surface area contributed by atoms with Gasteiger partial charge in [-0.15, -0.1) is 5.10 Å². The number of anilines is 1. The van der Waals surface area contributed by atoms with Crippen LogP contribution in [0.3, 0.4) is 0 Å². The van der Waals surface area contributed by atoms with Crippen LogP contribution in [-0.2, 0) is 9.59 Å². The van der Waals surface area contributed by atoms with Gasteiger partial charge in [0.05, 0.1) is 0 Å². The highest BCUT2D eigenvalue weighted by molar-refractivity contribution is 8.15. The van der Waals surface area contributed by atoms with Gasteiger partial charge in [-0.05, 0) is 50.7 Å². The average molecular weight is 358 g/mol. The highest BCUT2D eigenvalue weighted by Crippen LogP contribution is 2.25. The molecule has 7 heteroatoms. The lowest BCUT2D eigenvalue weighted by atomic mass is 10.1. The summed E-state index contributed by atoms with van der Waals surface area (Å²) >= 11 is 1.27. The number of carbonyl (C=O) groups is 2. The number of carbonyl (C=O) groups excluding carboxylic acids is 2. The first-order chi connectivity index (χ1) is 12.0. The average Bonchev–Trinajstić information content (AvgIpc) is 3.19. The van der Waals surface area contributed by atoms with Gasteiger partial charge in [-0.25, -0.2) is 0 Å². The predicted molar refractivity (Wildman–Crippen MR) is 102 cm³/mol. The van der Waals surface area contributed by atoms with Gasteiger partial charge in [-0.2, -0.15) is 5.10 Å². The van der Waals surface area contributed by atoms with Crippen molar-refractivity contribution >= 4 is 40.1 Å². The van der Waals surface area contributed by atoms with Crippen LogP contribution in [0.1, 0.15) is 43.2 Å². The number of amidine groups is 1. The van der Waals surface area contributed by atoms with E-state index in [1.54, 1.807) is 0 Å². The number of rotatable bonds is 4. The Morgan fingerprint density at radius 2 is 1.92 bits per heavy atom. The standard InChI is InChI=1S/C18H22N4O2S/c1-11-6-5-7-12(2)16(11)19-15(23)10-14-17(24)20-18(25-14)22-21-13-8-3-4-9-13/h5-7,14H,3-4,8-10H2,1-2H3,(H,19,23)(H,20,22,24)/t14-/m1/s1. The van der Waals surface area contributed by atoms with Crippen LogP contribution in [0.4, 0.5) is 5.69 Å². The minimum atomic E-state index is -0.466. The molecule has 0 aromatic heterocycles. The van der Waals surface area contributed by atoms with Gasteiger partial charge in [0.1, 0.15) is 5.25 Å². The van der Waals surface area contributed by atoms with E-state index >= 15 is 0 Å². The van der Waals surface area contributed by atoms with E-state index in [9.17, 15) is 9.59 Å². The zero-order chi connectivity index (χ0) is 17.8. The van der Waals surface area contributed by atoms with E-state index in [2.05, 4.69) is 20.8 Å². The van der Waals surface area contributed by atoms with Crippen molar-refractivity contribution in [2.45, 2.75) is 51.2 Å². The Kier molecular flexibility index (Phi) is 5.53. The molecule has 132 valence electrons. The van der Waals surface area contributed by atoms with Gasteiger partial charge in [0.25, 0.3) is 0 Å². The van der Waals surface area contributed by atoms with Gasteiger partial charge >= 0.3 is 0 Å². The molecule has 2 fully saturated rings. The van der Waals surface area contributed by atoms with Crippen molar-refractivity contribution in [1.29, 1.82) is 0 Å². The molecule has 0 radical (unpaired) electrons. The third-order valence-corrected chi connectivity index (χ3v) is 5.43. The van der Waals surface area contributed by atoms with E-state index in [1.165, 1.54) is 11.8 Å². The van der Waals surface area contributed by atoms with E-state index in [0.29, 0.717) is 5.17 Å². The summed E-state index contributed by atoms with van der Waals surface area (Å²) in [7, 11) is 0. The maximum absolute atomic E-state index is 12.3. The first kappa shape index (κ1) is 17.7. The molecule has 1 saturated carbocycles. The third-order valence-electron chi connectivity index (χ3n) is 4.36. The Morgan fingerprint density at radius 3 is 2.60 bits per heavy atom. The molecule has 0 spiro atoms. The molecule has 2 amide bonds. The number of hydrogen-bond acceptors (Lipinski definition) is 5. The fraction of sp³-hybridized carbons (Fsp3) is 0.444. The quantitative estimate of drug-likeness (QED) is 0.811. The molecule has 1 saturated heterocycles. The van der Waals surface area contributed by atoms with E-state index in [4.69, 9.17) is 0 Å². The number of amides is 2. The Hall–Kier alpha value is -2.15. The molecule has 1 aromatic rings. The van der Waals surface area contributed by atoms with Crippen molar-refractivity contribution < 1.29 is 9.59 Å². The van der Waals surface area contributed by atoms with Crippen molar-refractivity contribution in [3.05, 3.63) is 29.3 Å². The molecule has 0 unspecified atom stereocenters. The zero-order valence-electron chi connectivity index (χ0n) is 14.5. The summed E-state index contributed by atoms with van der Waals surface area (Å²) in [6.07, 6.45) is 4.39. The monoisotopic (exact) mass is 358 g/mol. The number of benzene rings is 1. The first-order valence-corrected chi connectivity index (χ1v) is 9.38. The molecule has 1 aliphatic heterocycles. The summed E-state index contributed by atoms with van der Waals surface area (Å²) in [5.41, 5.74) is 3.91. The molecule has 1 aliphatic carbocycles. The summed E-state index contributed by atoms with van der Waals surface area (Å²) in [6, 6.07) is 5.86. The van der Waals surface area contributed by atoms with E-state index < -0.39 is 5.25 Å². The lowest BCUT2D eigenvalue weighted by Crippen LogP contribution is -2.28. The molecular formula is C18H22N4O2S. The normalized spacial score (nSPS) is 21.5. The minimum absolute atomic E-state index is 0.111. The number of nitrogens with one attached hydrogen (secondary N) is 2. The summed E-state index contributed by atoms with van der Waals surface area (Å²) in [4.78, 5) is 24.4. The fourth-order valence-electron chi connectivity index (χ4n) is 2.96. The summed E-state index contributed by atoms with van der Waals surface area (Å²) in [6.45, 7) is 3.90. The van der Waals surface area contributed by atoms with Gasteiger partial charge in [0, 0.05) is 17.8 Å². The molecule has 0 bridgehead atoms. The minimum Gasteiger partial charge on any atom is -0.326 e. The summed E-state index contributed by atoms with van der Waals surface area (Å²) < 4.78 is 0. The third kappa shape index (κ3) is 4.48. The van der Waals surface area contributed by atoms with Crippen LogP contribution < -0.4 is 10.6 Å². The number of thioether (sulfide) groups is 1. The Bertz CT molecular complexity index is 729. The molecule has 2 N–H and O–H groups in total. The van der Waals surface area contributed by atoms with E-state index in [1.807, 2.05) is 32.0 Å². The number of para-hydroxylation sites is 1. The second kappa shape index (κ2) is 7.82. The van der Waals surface area contributed by atoms with Crippen molar-refractivity contribution in [2.24, 2.45) is 10.2 Å². The maximum Gasteiger partial charge on any atom is 0.240 e. The molecular weight excluding hydrogens is 336 g/mol. The van der Waals surface area contributed by atoms with Gasteiger partial charge < -0.3 is 10.6 Å². The second-order valence-electron chi connectivity index (χ2n) is 6.39. The van der Waals surface area contributed by atoms with Crippen LogP contribution >= 0.6 is 11.8 Å². The van der Waals surface area contributed by atoms with Crippen LogP contribution in [0.15, 0.2) is 28.4 Å². The molecule has 6 nitrogen and oxygen atoms in total. The van der Waals surface area contributed by atoms with Gasteiger partial charge in [-0.3, -0.25) is 9.59 Å². The predicted octanol–water partition coefficient (Wildman–Crippen LogP) is 3.15. The SMILES string of the molecule is Cc1cccc(C)c1NC(=O)C[C@H]1S/C(=N/N=C2CCCC2)NC1=O. The number of hydrogen-bond donors (Lipinski definition) is 2. The van der Waals surface area contributed by atoms with Crippen molar-refractivity contribution in [2.75, 3.05) is 5.32 Å². The molecule has 3 rings (SSSR count). The van der Waals surface area contributed by atoms with Crippen LogP contribution in [0.2, 0.25) is 0 Å². The van der Waals surface area contributed by atoms with Crippen LogP contribution in [0, 0.1) is 13.8 Å². The largest absolute Gasteiger partial charge is 0.326 e. The smallest absolute Gasteiger partial charge is 0.240 e. The van der Waals surface area contributed by atoms with Crippen LogP contribution in [0.5, 0.6) is 0 Å². The maximum atomic E-state index is 12.3.